The van der Waals surface area contributed by atoms with Crippen LogP contribution in [0.2, 0.25) is 0 Å². The third-order valence-electron chi connectivity index (χ3n) is 7.99. The predicted octanol–water partition coefficient (Wildman–Crippen LogP) is 2.19. The maximum atomic E-state index is 12.6. The summed E-state index contributed by atoms with van der Waals surface area (Å²) in [7, 11) is 0. The molecule has 0 saturated heterocycles. The first-order valence-electron chi connectivity index (χ1n) is 18.3. The van der Waals surface area contributed by atoms with Gasteiger partial charge < -0.3 is 26.2 Å². The van der Waals surface area contributed by atoms with Gasteiger partial charge in [0.25, 0.3) is 0 Å². The van der Waals surface area contributed by atoms with E-state index in [2.05, 4.69) is 20.9 Å². The van der Waals surface area contributed by atoms with Crippen LogP contribution in [-0.2, 0) is 44.9 Å². The number of aliphatic carboxylic acids is 2. The number of urea groups is 1. The molecule has 0 saturated carbocycles. The summed E-state index contributed by atoms with van der Waals surface area (Å²) in [4.78, 5) is 107. The van der Waals surface area contributed by atoms with Gasteiger partial charge in [0, 0.05) is 32.4 Å². The van der Waals surface area contributed by atoms with Crippen molar-refractivity contribution in [3.63, 3.8) is 0 Å². The first-order chi connectivity index (χ1) is 26.7. The number of hydrogen-bond acceptors (Lipinski definition) is 11. The van der Waals surface area contributed by atoms with Crippen molar-refractivity contribution in [1.29, 1.82) is 0 Å². The minimum Gasteiger partial charge on any atom is -0.186 e. The Morgan fingerprint density at radius 1 is 0.696 bits per heavy atom. The van der Waals surface area contributed by atoms with E-state index in [9.17, 15) is 28.8 Å². The first kappa shape index (κ1) is 53.3. The number of ketones is 2. The molecule has 0 spiro atoms. The standard InChI is InChI=1S/C35H55AtN6O8.2CO2/c36-28-23-25(17-18-26(28)24-41-34(37)38)30(44)15-9-3-1-2-7-13-27(43)14-8-4-5-10-16-31(45)39-21-11-6-12-22-40-35(50)42-29(33(48)49)19-20-32(46)47;2*2-1-3/h17-18,23,29H,1-16,19-22,24H2,(H,39,45)(H,46,47)(H,48,49)(H4,37,38,41)(H2,40,42,50);;/t29-;;/m1../s1/i36+1;;. The van der Waals surface area contributed by atoms with Crippen molar-refractivity contribution in [3.05, 3.63) is 29.3 Å². The van der Waals surface area contributed by atoms with E-state index in [4.69, 9.17) is 40.9 Å². The van der Waals surface area contributed by atoms with Crippen LogP contribution >= 0.6 is 0 Å². The molecule has 19 heteroatoms. The number of nitrogens with zero attached hydrogens (tertiary/aromatic N) is 1. The maximum Gasteiger partial charge on any atom is 0.373 e. The van der Waals surface area contributed by atoms with Gasteiger partial charge in [-0.2, -0.15) is 19.2 Å². The van der Waals surface area contributed by atoms with Crippen molar-refractivity contribution in [2.45, 2.75) is 128 Å². The summed E-state index contributed by atoms with van der Waals surface area (Å²) in [6.07, 6.45) is 12.3. The molecule has 0 fully saturated rings. The zero-order valence-electron chi connectivity index (χ0n) is 31.6. The van der Waals surface area contributed by atoms with E-state index < -0.39 is 24.0 Å². The molecule has 0 aliphatic heterocycles. The number of unbranched alkanes of at least 4 members (excludes halogenated alkanes) is 9. The second-order valence-electron chi connectivity index (χ2n) is 12.5. The fraction of sp³-hybridized carbons (Fsp3) is 0.595. The second kappa shape index (κ2) is 35.8. The van der Waals surface area contributed by atoms with Gasteiger partial charge >= 0.3 is 178 Å². The zero-order valence-corrected chi connectivity index (χ0v) is 34.6. The van der Waals surface area contributed by atoms with Crippen LogP contribution in [0, 0.1) is 24.7 Å². The molecule has 18 nitrogen and oxygen atoms in total. The van der Waals surface area contributed by atoms with Gasteiger partial charge in [-0.05, 0) is 38.5 Å². The van der Waals surface area contributed by atoms with Crippen LogP contribution in [0.4, 0.5) is 4.79 Å². The number of Topliss-reactive ketones (excluding diaryl/α,β-unsaturated/α-hetero) is 2. The van der Waals surface area contributed by atoms with Gasteiger partial charge in [0.15, 0.2) is 0 Å². The molecular weight excluding hydrogens is 931 g/mol. The number of carboxylic acid groups (broad SMARTS) is 2. The number of carboxylic acids is 2. The number of carbonyl (C=O) groups is 6. The van der Waals surface area contributed by atoms with Crippen LogP contribution in [0.3, 0.4) is 0 Å². The molecule has 1 aromatic rings. The fourth-order valence-corrected chi connectivity index (χ4v) is 6.01. The summed E-state index contributed by atoms with van der Waals surface area (Å²) in [6, 6.07) is 3.74. The second-order valence-corrected chi connectivity index (χ2v) is 14.1. The number of rotatable bonds is 29. The SMILES string of the molecule is NC(N)=NCc1ccc(C(=O)CCCCCCCC(=O)CCCCCCC(=O)NCCCCCNC(=O)N[C@H](CCC(=O)O)C(=O)O)cc1[211At].O=C=O.O=C=O. The quantitative estimate of drug-likeness (QED) is 0.0262. The molecule has 1 atom stereocenters. The Morgan fingerprint density at radius 3 is 1.71 bits per heavy atom. The van der Waals surface area contributed by atoms with Crippen LogP contribution < -0.4 is 30.7 Å². The Bertz CT molecular complexity index is 1450. The minimum atomic E-state index is -1.29. The molecule has 0 unspecified atom stereocenters. The van der Waals surface area contributed by atoms with Gasteiger partial charge in [0.05, 0.1) is 0 Å². The molecule has 1 rings (SSSR count). The molecule has 0 heterocycles. The van der Waals surface area contributed by atoms with Gasteiger partial charge in [0.2, 0.25) is 5.91 Å². The van der Waals surface area contributed by atoms with Gasteiger partial charge in [-0.25, -0.2) is 9.59 Å². The van der Waals surface area contributed by atoms with Crippen LogP contribution in [-0.4, -0.2) is 83.1 Å². The fourth-order valence-electron chi connectivity index (χ4n) is 5.07. The number of carbonyl (C=O) groups excluding carboxylic acids is 8. The molecule has 312 valence electrons. The van der Waals surface area contributed by atoms with Crippen molar-refractivity contribution in [3.8, 4) is 0 Å². The topological polar surface area (TPSA) is 312 Å². The first-order valence-corrected chi connectivity index (χ1v) is 19.8. The summed E-state index contributed by atoms with van der Waals surface area (Å²) >= 11 is 1.49. The molecule has 56 heavy (non-hydrogen) atoms. The number of nitrogens with two attached hydrogens (primary N) is 2. The van der Waals surface area contributed by atoms with Gasteiger partial charge in [-0.1, -0.05) is 12.8 Å². The normalized spacial score (nSPS) is 10.4. The summed E-state index contributed by atoms with van der Waals surface area (Å²) in [5.74, 6) is -1.95. The molecule has 0 aromatic heterocycles. The van der Waals surface area contributed by atoms with Crippen LogP contribution in [0.1, 0.15) is 131 Å². The average Bonchev–Trinajstić information content (AvgIpc) is 3.13. The number of nitrogens with one attached hydrogen (secondary N) is 3. The van der Waals surface area contributed by atoms with E-state index in [1.807, 2.05) is 18.2 Å². The molecule has 0 radical (unpaired) electrons. The van der Waals surface area contributed by atoms with Crippen molar-refractivity contribution in [2.24, 2.45) is 16.5 Å². The maximum absolute atomic E-state index is 12.6. The third kappa shape index (κ3) is 32.6. The number of benzene rings is 1. The third-order valence-corrected chi connectivity index (χ3v) is 9.36. The summed E-state index contributed by atoms with van der Waals surface area (Å²) < 4.78 is 1.04. The Morgan fingerprint density at radius 2 is 1.20 bits per heavy atom. The van der Waals surface area contributed by atoms with E-state index in [1.165, 1.54) is 24.7 Å². The smallest absolute Gasteiger partial charge is 0.186 e. The molecule has 3 amide bonds. The molecular formula is C37H55AtN6O12. The Hall–Kier alpha value is -4.85. The number of guanidine groups is 1. The van der Waals surface area contributed by atoms with Gasteiger partial charge in [0.1, 0.15) is 6.04 Å². The molecule has 0 aliphatic rings. The minimum absolute atomic E-state index is 0.00522. The van der Waals surface area contributed by atoms with Gasteiger partial charge in [-0.15, -0.1) is 0 Å². The summed E-state index contributed by atoms with van der Waals surface area (Å²) in [5, 5.41) is 25.4. The number of hydrogen-bond donors (Lipinski definition) is 7. The summed E-state index contributed by atoms with van der Waals surface area (Å²) in [6.45, 7) is 1.28. The van der Waals surface area contributed by atoms with Crippen molar-refractivity contribution in [1.82, 2.24) is 16.0 Å². The average molecular weight is 987 g/mol. The Balaban J connectivity index is 0. The van der Waals surface area contributed by atoms with E-state index >= 15 is 0 Å². The zero-order chi connectivity index (χ0) is 42.6. The van der Waals surface area contributed by atoms with Crippen molar-refractivity contribution >= 4 is 57.0 Å². The van der Waals surface area contributed by atoms with E-state index in [0.717, 1.165) is 85.0 Å². The molecule has 0 bridgehead atoms. The molecule has 1 aromatic carbocycles. The van der Waals surface area contributed by atoms with Crippen molar-refractivity contribution < 1.29 is 82.9 Å². The van der Waals surface area contributed by atoms with E-state index in [-0.39, 0.29) is 48.6 Å². The Labute approximate surface area is 341 Å². The van der Waals surface area contributed by atoms with Gasteiger partial charge in [-0.3, -0.25) is 14.4 Å². The van der Waals surface area contributed by atoms with Crippen LogP contribution in [0.15, 0.2) is 23.2 Å². The monoisotopic (exact) mass is 986 g/mol. The summed E-state index contributed by atoms with van der Waals surface area (Å²) in [5.41, 5.74) is 12.5. The van der Waals surface area contributed by atoms with E-state index in [0.29, 0.717) is 51.7 Å². The van der Waals surface area contributed by atoms with Crippen LogP contribution in [0.5, 0.6) is 0 Å². The Kier molecular flexibility index (Phi) is 34.1. The predicted molar refractivity (Wildman–Crippen MR) is 197 cm³/mol. The van der Waals surface area contributed by atoms with Crippen LogP contribution in [0.25, 0.3) is 0 Å². The molecule has 0 aliphatic carbocycles. The molecule has 9 N–H and O–H groups in total. The van der Waals surface area contributed by atoms with E-state index in [1.54, 1.807) is 0 Å². The number of aliphatic imine (C=N–C) groups is 1. The number of amides is 3. The van der Waals surface area contributed by atoms with Crippen molar-refractivity contribution in [2.75, 3.05) is 13.1 Å². The largest absolute Gasteiger partial charge is 0.373 e.